The van der Waals surface area contributed by atoms with Crippen LogP contribution in [0.15, 0.2) is 35.5 Å². The van der Waals surface area contributed by atoms with Gasteiger partial charge in [0.1, 0.15) is 23.9 Å². The fourth-order valence-electron chi connectivity index (χ4n) is 3.21. The van der Waals surface area contributed by atoms with Crippen LogP contribution in [0, 0.1) is 5.92 Å². The summed E-state index contributed by atoms with van der Waals surface area (Å²) in [6.07, 6.45) is -0.423. The number of fused-ring (bicyclic) bond motifs is 1. The largest absolute Gasteiger partial charge is 0.455 e. The van der Waals surface area contributed by atoms with Crippen LogP contribution in [0.3, 0.4) is 0 Å². The van der Waals surface area contributed by atoms with E-state index < -0.39 is 47.6 Å². The van der Waals surface area contributed by atoms with Crippen LogP contribution in [-0.2, 0) is 23.9 Å². The lowest BCUT2D eigenvalue weighted by Gasteiger charge is -2.37. The fraction of sp³-hybridized carbons (Fsp3) is 0.550. The molecule has 1 fully saturated rings. The van der Waals surface area contributed by atoms with Crippen molar-refractivity contribution in [3.63, 3.8) is 0 Å². The molecule has 0 aromatic carbocycles. The molecular weight excluding hydrogens is 352 g/mol. The smallest absolute Gasteiger partial charge is 0.334 e. The molecule has 0 radical (unpaired) electrons. The van der Waals surface area contributed by atoms with E-state index in [2.05, 4.69) is 6.58 Å². The van der Waals surface area contributed by atoms with Crippen LogP contribution in [0.25, 0.3) is 0 Å². The maximum Gasteiger partial charge on any atom is 0.334 e. The van der Waals surface area contributed by atoms with E-state index in [1.54, 1.807) is 19.9 Å². The van der Waals surface area contributed by atoms with Crippen molar-refractivity contribution >= 4 is 17.7 Å². The number of esters is 2. The number of aliphatic hydroxyl groups is 2. The van der Waals surface area contributed by atoms with Crippen LogP contribution in [-0.4, -0.2) is 51.8 Å². The Morgan fingerprint density at radius 1 is 1.41 bits per heavy atom. The molecule has 2 aliphatic rings. The zero-order valence-corrected chi connectivity index (χ0v) is 16.0. The first kappa shape index (κ1) is 21.1. The molecule has 5 atom stereocenters. The Bertz CT molecular complexity index is 729. The van der Waals surface area contributed by atoms with Gasteiger partial charge in [0.05, 0.1) is 5.92 Å². The highest BCUT2D eigenvalue weighted by molar-refractivity contribution is 5.92. The minimum Gasteiger partial charge on any atom is -0.455 e. The zero-order valence-electron chi connectivity index (χ0n) is 16.0. The summed E-state index contributed by atoms with van der Waals surface area (Å²) in [5.41, 5.74) is -1.09. The molecule has 148 valence electrons. The number of allylic oxidation sites excluding steroid dienone is 2. The Balaban J connectivity index is 2.57. The van der Waals surface area contributed by atoms with Gasteiger partial charge in [-0.2, -0.15) is 0 Å². The quantitative estimate of drug-likeness (QED) is 0.424. The highest BCUT2D eigenvalue weighted by Crippen LogP contribution is 2.38. The van der Waals surface area contributed by atoms with Gasteiger partial charge in [-0.3, -0.25) is 4.79 Å². The van der Waals surface area contributed by atoms with Gasteiger partial charge in [0.25, 0.3) is 0 Å². The van der Waals surface area contributed by atoms with Crippen molar-refractivity contribution in [1.82, 2.24) is 0 Å². The summed E-state index contributed by atoms with van der Waals surface area (Å²) in [6.45, 7) is 9.84. The first-order chi connectivity index (χ1) is 12.5. The highest BCUT2D eigenvalue weighted by Gasteiger charge is 2.53. The Morgan fingerprint density at radius 3 is 2.63 bits per heavy atom. The number of Topliss-reactive ketones (excluding diaryl/α,β-unsaturated/α-hetero) is 1. The molecule has 27 heavy (non-hydrogen) atoms. The number of rotatable bonds is 2. The van der Waals surface area contributed by atoms with Crippen LogP contribution in [0.4, 0.5) is 0 Å². The molecule has 7 heteroatoms. The molecular formula is C20H26O7. The van der Waals surface area contributed by atoms with Crippen molar-refractivity contribution in [1.29, 1.82) is 0 Å². The van der Waals surface area contributed by atoms with Crippen molar-refractivity contribution in [2.75, 3.05) is 0 Å². The average Bonchev–Trinajstić information content (AvgIpc) is 2.88. The van der Waals surface area contributed by atoms with Crippen molar-refractivity contribution in [3.8, 4) is 0 Å². The maximum atomic E-state index is 12.5. The van der Waals surface area contributed by atoms with Crippen molar-refractivity contribution in [2.24, 2.45) is 5.92 Å². The van der Waals surface area contributed by atoms with Crippen LogP contribution in [0.1, 0.15) is 40.5 Å². The third-order valence-electron chi connectivity index (χ3n) is 5.26. The van der Waals surface area contributed by atoms with Crippen LogP contribution in [0.5, 0.6) is 0 Å². The van der Waals surface area contributed by atoms with E-state index in [9.17, 15) is 24.6 Å². The summed E-state index contributed by atoms with van der Waals surface area (Å²) >= 11 is 0. The zero-order chi connectivity index (χ0) is 20.5. The Labute approximate surface area is 158 Å². The van der Waals surface area contributed by atoms with Crippen molar-refractivity contribution in [3.05, 3.63) is 35.5 Å². The van der Waals surface area contributed by atoms with Crippen LogP contribution < -0.4 is 0 Å². The van der Waals surface area contributed by atoms with Crippen LogP contribution in [0.2, 0.25) is 0 Å². The fourth-order valence-corrected chi connectivity index (χ4v) is 3.21. The van der Waals surface area contributed by atoms with E-state index >= 15 is 0 Å². The molecule has 0 aromatic rings. The summed E-state index contributed by atoms with van der Waals surface area (Å²) in [7, 11) is 0. The standard InChI is InChI=1S/C20H26O7/c1-6-11(3)18(23)27-16-15-12(4)19(24)26-13(15)9-10(2)7-8-14(21)20(5,25)17(16)22/h6,9,13,15-17,22,25H,4,7-8H2,1-3,5H3/b10-9+,11-6+/t13-,15+,16+,17+,20+/m1/s1. The van der Waals surface area contributed by atoms with Gasteiger partial charge >= 0.3 is 11.9 Å². The molecule has 0 amide bonds. The molecule has 2 N–H and O–H groups in total. The molecule has 7 nitrogen and oxygen atoms in total. The maximum absolute atomic E-state index is 12.5. The lowest BCUT2D eigenvalue weighted by Crippen LogP contribution is -2.57. The first-order valence-corrected chi connectivity index (χ1v) is 8.85. The molecule has 1 heterocycles. The van der Waals surface area contributed by atoms with E-state index in [0.717, 1.165) is 5.57 Å². The molecule has 1 saturated heterocycles. The van der Waals surface area contributed by atoms with Gasteiger partial charge in [0, 0.05) is 17.6 Å². The summed E-state index contributed by atoms with van der Waals surface area (Å²) in [4.78, 5) is 36.9. The van der Waals surface area contributed by atoms with E-state index in [1.807, 2.05) is 0 Å². The van der Waals surface area contributed by atoms with Gasteiger partial charge in [0.2, 0.25) is 0 Å². The number of aliphatic hydroxyl groups excluding tert-OH is 1. The summed E-state index contributed by atoms with van der Waals surface area (Å²) in [5, 5.41) is 21.5. The number of ketones is 1. The molecule has 1 aliphatic carbocycles. The van der Waals surface area contributed by atoms with Crippen molar-refractivity contribution < 1.29 is 34.1 Å². The number of ether oxygens (including phenoxy) is 2. The van der Waals surface area contributed by atoms with Gasteiger partial charge in [-0.25, -0.2) is 9.59 Å². The SMILES string of the molecule is C=C1C(=O)O[C@@H]2/C=C(\C)CCC(=O)[C@](C)(O)[C@@H](O)[C@@H](OC(=O)/C(C)=C/C)[C@@H]12. The lowest BCUT2D eigenvalue weighted by molar-refractivity contribution is -0.179. The molecule has 0 saturated carbocycles. The van der Waals surface area contributed by atoms with Crippen LogP contribution >= 0.6 is 0 Å². The van der Waals surface area contributed by atoms with Gasteiger partial charge in [0.15, 0.2) is 5.78 Å². The molecule has 0 unspecified atom stereocenters. The number of carbonyl (C=O) groups excluding carboxylic acids is 3. The first-order valence-electron chi connectivity index (χ1n) is 8.85. The van der Waals surface area contributed by atoms with Gasteiger partial charge in [-0.05, 0) is 40.2 Å². The molecule has 2 rings (SSSR count). The number of hydrogen-bond acceptors (Lipinski definition) is 7. The number of carbonyl (C=O) groups is 3. The average molecular weight is 378 g/mol. The van der Waals surface area contributed by atoms with E-state index in [-0.39, 0.29) is 17.6 Å². The van der Waals surface area contributed by atoms with Crippen molar-refractivity contribution in [2.45, 2.75) is 64.4 Å². The van der Waals surface area contributed by atoms with E-state index in [0.29, 0.717) is 6.42 Å². The molecule has 0 spiro atoms. The number of hydrogen-bond donors (Lipinski definition) is 2. The summed E-state index contributed by atoms with van der Waals surface area (Å²) in [6, 6.07) is 0. The second kappa shape index (κ2) is 7.78. The van der Waals surface area contributed by atoms with E-state index in [4.69, 9.17) is 9.47 Å². The second-order valence-corrected chi connectivity index (χ2v) is 7.29. The minimum atomic E-state index is -2.16. The normalized spacial score (nSPS) is 37.2. The monoisotopic (exact) mass is 378 g/mol. The Morgan fingerprint density at radius 2 is 2.04 bits per heavy atom. The topological polar surface area (TPSA) is 110 Å². The molecule has 0 aromatic heterocycles. The van der Waals surface area contributed by atoms with Gasteiger partial charge in [-0.15, -0.1) is 0 Å². The predicted molar refractivity (Wildman–Crippen MR) is 96.4 cm³/mol. The third-order valence-corrected chi connectivity index (χ3v) is 5.26. The Hall–Kier alpha value is -2.25. The Kier molecular flexibility index (Phi) is 6.07. The lowest BCUT2D eigenvalue weighted by atomic mass is 9.78. The van der Waals surface area contributed by atoms with E-state index in [1.165, 1.54) is 19.9 Å². The van der Waals surface area contributed by atoms with Gasteiger partial charge in [-0.1, -0.05) is 18.2 Å². The summed E-state index contributed by atoms with van der Waals surface area (Å²) in [5.74, 6) is -2.90. The highest BCUT2D eigenvalue weighted by atomic mass is 16.6. The second-order valence-electron chi connectivity index (χ2n) is 7.29. The third kappa shape index (κ3) is 4.04. The minimum absolute atomic E-state index is 0.00672. The summed E-state index contributed by atoms with van der Waals surface area (Å²) < 4.78 is 10.8. The molecule has 1 aliphatic heterocycles. The predicted octanol–water partition coefficient (Wildman–Crippen LogP) is 1.38. The van der Waals surface area contributed by atoms with Gasteiger partial charge < -0.3 is 19.7 Å². The molecule has 0 bridgehead atoms.